The second-order valence-corrected chi connectivity index (χ2v) is 5.46. The van der Waals surface area contributed by atoms with E-state index in [9.17, 15) is 14.0 Å². The van der Waals surface area contributed by atoms with Crippen LogP contribution in [0.5, 0.6) is 0 Å². The Kier molecular flexibility index (Phi) is 4.20. The highest BCUT2D eigenvalue weighted by molar-refractivity contribution is 6.43. The SMILES string of the molecule is C=CC1(C(=O)C(=N)CC(C)=O)CCC(C)(F)CC1. The smallest absolute Gasteiger partial charge is 0.186 e. The molecule has 100 valence electrons. The Morgan fingerprint density at radius 2 is 1.83 bits per heavy atom. The van der Waals surface area contributed by atoms with Crippen LogP contribution >= 0.6 is 0 Å². The topological polar surface area (TPSA) is 58.0 Å². The molecular formula is C14H20FNO2. The Balaban J connectivity index is 2.84. The average molecular weight is 253 g/mol. The highest BCUT2D eigenvalue weighted by atomic mass is 19.1. The van der Waals surface area contributed by atoms with Crippen molar-refractivity contribution in [3.05, 3.63) is 12.7 Å². The number of hydrogen-bond donors (Lipinski definition) is 1. The summed E-state index contributed by atoms with van der Waals surface area (Å²) in [6, 6.07) is 0. The van der Waals surface area contributed by atoms with Crippen molar-refractivity contribution < 1.29 is 14.0 Å². The van der Waals surface area contributed by atoms with Gasteiger partial charge in [0.25, 0.3) is 0 Å². The van der Waals surface area contributed by atoms with Crippen LogP contribution in [0.2, 0.25) is 0 Å². The molecule has 1 rings (SSSR count). The molecular weight excluding hydrogens is 233 g/mol. The van der Waals surface area contributed by atoms with Crippen LogP contribution in [0.3, 0.4) is 0 Å². The zero-order chi connectivity index (χ0) is 14.0. The van der Waals surface area contributed by atoms with Crippen LogP contribution in [0, 0.1) is 10.8 Å². The molecule has 0 atom stereocenters. The molecule has 0 aromatic carbocycles. The van der Waals surface area contributed by atoms with Crippen molar-refractivity contribution in [1.29, 1.82) is 5.41 Å². The van der Waals surface area contributed by atoms with Gasteiger partial charge in [0.1, 0.15) is 11.5 Å². The predicted molar refractivity (Wildman–Crippen MR) is 68.6 cm³/mol. The number of carbonyl (C=O) groups excluding carboxylic acids is 2. The molecule has 1 aliphatic rings. The van der Waals surface area contributed by atoms with E-state index >= 15 is 0 Å². The number of Topliss-reactive ketones (excluding diaryl/α,β-unsaturated/α-hetero) is 2. The zero-order valence-corrected chi connectivity index (χ0v) is 11.0. The monoisotopic (exact) mass is 253 g/mol. The van der Waals surface area contributed by atoms with E-state index in [-0.39, 0.29) is 36.5 Å². The summed E-state index contributed by atoms with van der Waals surface area (Å²) in [5.74, 6) is -0.582. The van der Waals surface area contributed by atoms with Crippen LogP contribution in [-0.4, -0.2) is 22.9 Å². The van der Waals surface area contributed by atoms with E-state index in [1.165, 1.54) is 19.9 Å². The molecule has 0 aliphatic heterocycles. The molecule has 1 N–H and O–H groups in total. The molecule has 0 amide bonds. The van der Waals surface area contributed by atoms with Crippen molar-refractivity contribution >= 4 is 17.3 Å². The van der Waals surface area contributed by atoms with E-state index in [1.807, 2.05) is 0 Å². The van der Waals surface area contributed by atoms with Crippen molar-refractivity contribution in [2.45, 2.75) is 51.6 Å². The third-order valence-corrected chi connectivity index (χ3v) is 3.73. The number of rotatable bonds is 5. The van der Waals surface area contributed by atoms with Crippen LogP contribution < -0.4 is 0 Å². The van der Waals surface area contributed by atoms with Gasteiger partial charge in [-0.05, 0) is 39.5 Å². The second-order valence-electron chi connectivity index (χ2n) is 5.46. The lowest BCUT2D eigenvalue weighted by Gasteiger charge is -2.38. The van der Waals surface area contributed by atoms with E-state index in [1.54, 1.807) is 0 Å². The molecule has 0 aromatic rings. The van der Waals surface area contributed by atoms with E-state index in [2.05, 4.69) is 6.58 Å². The normalized spacial score (nSPS) is 31.7. The lowest BCUT2D eigenvalue weighted by Crippen LogP contribution is -2.41. The van der Waals surface area contributed by atoms with Gasteiger partial charge in [-0.1, -0.05) is 6.08 Å². The van der Waals surface area contributed by atoms with Gasteiger partial charge in [-0.25, -0.2) is 4.39 Å². The maximum Gasteiger partial charge on any atom is 0.186 e. The maximum atomic E-state index is 13.8. The third-order valence-electron chi connectivity index (χ3n) is 3.73. The molecule has 0 bridgehead atoms. The minimum atomic E-state index is -1.24. The fourth-order valence-corrected chi connectivity index (χ4v) is 2.37. The number of nitrogens with one attached hydrogen (secondary N) is 1. The number of alkyl halides is 1. The van der Waals surface area contributed by atoms with Gasteiger partial charge in [-0.15, -0.1) is 6.58 Å². The Bertz CT molecular complexity index is 389. The summed E-state index contributed by atoms with van der Waals surface area (Å²) < 4.78 is 13.8. The molecule has 3 nitrogen and oxygen atoms in total. The Labute approximate surface area is 107 Å². The standard InChI is InChI=1S/C14H20FNO2/c1-4-14(7-5-13(3,15)6-8-14)12(18)11(16)9-10(2)17/h4,16H,1,5-9H2,2-3H3. The lowest BCUT2D eigenvalue weighted by molar-refractivity contribution is -0.123. The summed E-state index contributed by atoms with van der Waals surface area (Å²) in [7, 11) is 0. The summed E-state index contributed by atoms with van der Waals surface area (Å²) in [5.41, 5.74) is -2.28. The van der Waals surface area contributed by atoms with E-state index < -0.39 is 11.1 Å². The summed E-state index contributed by atoms with van der Waals surface area (Å²) in [6.45, 7) is 6.54. The fraction of sp³-hybridized carbons (Fsp3) is 0.643. The first kappa shape index (κ1) is 14.7. The van der Waals surface area contributed by atoms with Gasteiger partial charge in [0.05, 0.1) is 17.5 Å². The number of allylic oxidation sites excluding steroid dienone is 1. The van der Waals surface area contributed by atoms with E-state index in [0.29, 0.717) is 12.8 Å². The quantitative estimate of drug-likeness (QED) is 0.604. The van der Waals surface area contributed by atoms with Gasteiger partial charge in [0.15, 0.2) is 5.78 Å². The van der Waals surface area contributed by atoms with Gasteiger partial charge in [0, 0.05) is 0 Å². The van der Waals surface area contributed by atoms with Crippen molar-refractivity contribution in [1.82, 2.24) is 0 Å². The van der Waals surface area contributed by atoms with Crippen molar-refractivity contribution in [3.63, 3.8) is 0 Å². The predicted octanol–water partition coefficient (Wildman–Crippen LogP) is 3.03. The molecule has 0 aromatic heterocycles. The Morgan fingerprint density at radius 1 is 1.33 bits per heavy atom. The molecule has 1 fully saturated rings. The summed E-state index contributed by atoms with van der Waals surface area (Å²) >= 11 is 0. The van der Waals surface area contributed by atoms with Crippen LogP contribution in [-0.2, 0) is 9.59 Å². The highest BCUT2D eigenvalue weighted by Gasteiger charge is 2.44. The molecule has 0 heterocycles. The van der Waals surface area contributed by atoms with Crippen molar-refractivity contribution in [2.75, 3.05) is 0 Å². The Morgan fingerprint density at radius 3 is 2.22 bits per heavy atom. The zero-order valence-electron chi connectivity index (χ0n) is 11.0. The fourth-order valence-electron chi connectivity index (χ4n) is 2.37. The van der Waals surface area contributed by atoms with E-state index in [0.717, 1.165) is 0 Å². The first-order valence-corrected chi connectivity index (χ1v) is 6.17. The minimum Gasteiger partial charge on any atom is -0.301 e. The molecule has 4 heteroatoms. The Hall–Kier alpha value is -1.32. The van der Waals surface area contributed by atoms with Gasteiger partial charge >= 0.3 is 0 Å². The number of halogens is 1. The lowest BCUT2D eigenvalue weighted by atomic mass is 9.66. The number of ketones is 2. The minimum absolute atomic E-state index is 0.151. The largest absolute Gasteiger partial charge is 0.301 e. The summed E-state index contributed by atoms with van der Waals surface area (Å²) in [6.07, 6.45) is 2.68. The molecule has 1 saturated carbocycles. The molecule has 0 unspecified atom stereocenters. The maximum absolute atomic E-state index is 13.8. The van der Waals surface area contributed by atoms with Crippen molar-refractivity contribution in [3.8, 4) is 0 Å². The summed E-state index contributed by atoms with van der Waals surface area (Å²) in [4.78, 5) is 23.2. The molecule has 1 aliphatic carbocycles. The molecule has 0 saturated heterocycles. The molecule has 18 heavy (non-hydrogen) atoms. The highest BCUT2D eigenvalue weighted by Crippen LogP contribution is 2.44. The van der Waals surface area contributed by atoms with E-state index in [4.69, 9.17) is 5.41 Å². The number of carbonyl (C=O) groups is 2. The van der Waals surface area contributed by atoms with Crippen LogP contribution in [0.1, 0.15) is 46.0 Å². The summed E-state index contributed by atoms with van der Waals surface area (Å²) in [5, 5.41) is 7.68. The van der Waals surface area contributed by atoms with Gasteiger partial charge in [-0.2, -0.15) is 0 Å². The molecule has 0 spiro atoms. The average Bonchev–Trinajstić information content (AvgIpc) is 2.28. The second kappa shape index (κ2) is 5.12. The number of hydrogen-bond acceptors (Lipinski definition) is 3. The molecule has 0 radical (unpaired) electrons. The third kappa shape index (κ3) is 3.12. The first-order valence-electron chi connectivity index (χ1n) is 6.17. The first-order chi connectivity index (χ1) is 8.22. The van der Waals surface area contributed by atoms with Gasteiger partial charge in [0.2, 0.25) is 0 Å². The van der Waals surface area contributed by atoms with Crippen molar-refractivity contribution in [2.24, 2.45) is 5.41 Å². The van der Waals surface area contributed by atoms with Crippen LogP contribution in [0.25, 0.3) is 0 Å². The van der Waals surface area contributed by atoms with Crippen LogP contribution in [0.4, 0.5) is 4.39 Å². The van der Waals surface area contributed by atoms with Crippen LogP contribution in [0.15, 0.2) is 12.7 Å². The van der Waals surface area contributed by atoms with Gasteiger partial charge < -0.3 is 5.41 Å². The van der Waals surface area contributed by atoms with Gasteiger partial charge in [-0.3, -0.25) is 9.59 Å².